The summed E-state index contributed by atoms with van der Waals surface area (Å²) in [5.41, 5.74) is 0.993. The largest absolute Gasteiger partial charge is 0.493 e. The van der Waals surface area contributed by atoms with E-state index in [1.165, 1.54) is 0 Å². The van der Waals surface area contributed by atoms with Crippen LogP contribution in [0, 0.1) is 0 Å². The quantitative estimate of drug-likeness (QED) is 0.340. The maximum atomic E-state index is 12.0. The lowest BCUT2D eigenvalue weighted by Gasteiger charge is -2.20. The maximum Gasteiger partial charge on any atom is 0.347 e. The molecule has 1 unspecified atom stereocenters. The van der Waals surface area contributed by atoms with Crippen molar-refractivity contribution < 1.29 is 19.0 Å². The lowest BCUT2D eigenvalue weighted by molar-refractivity contribution is -0.151. The number of halogens is 1. The molecule has 1 aromatic rings. The minimum atomic E-state index is -0.594. The number of rotatable bonds is 11. The van der Waals surface area contributed by atoms with Gasteiger partial charge in [0.25, 0.3) is 0 Å². The fraction of sp³-hybridized carbons (Fsp3) is 0.611. The van der Waals surface area contributed by atoms with Crippen molar-refractivity contribution in [3.05, 3.63) is 23.8 Å². The van der Waals surface area contributed by atoms with Gasteiger partial charge in [-0.1, -0.05) is 26.3 Å². The van der Waals surface area contributed by atoms with Gasteiger partial charge in [-0.3, -0.25) is 0 Å². The molecule has 0 spiro atoms. The molecule has 23 heavy (non-hydrogen) atoms. The molecular weight excluding hydrogens is 316 g/mol. The Balaban J connectivity index is 2.94. The van der Waals surface area contributed by atoms with E-state index in [0.717, 1.165) is 30.6 Å². The summed E-state index contributed by atoms with van der Waals surface area (Å²) in [5.74, 6) is 1.73. The van der Waals surface area contributed by atoms with Gasteiger partial charge in [0.1, 0.15) is 11.5 Å². The number of hydrogen-bond donors (Lipinski definition) is 0. The molecule has 0 saturated heterocycles. The number of benzene rings is 1. The molecule has 0 bridgehead atoms. The summed E-state index contributed by atoms with van der Waals surface area (Å²) in [6.07, 6.45) is 2.54. The minimum absolute atomic E-state index is 0.328. The van der Waals surface area contributed by atoms with Crippen molar-refractivity contribution in [2.45, 2.75) is 52.6 Å². The zero-order valence-corrected chi connectivity index (χ0v) is 15.0. The maximum absolute atomic E-state index is 12.0. The standard InChI is InChI=1S/C18H27ClO4/c1-4-9-14-16(22-13-8-12-19)10-7-11-17(14)23-15(5-2)18(20)21-6-3/h7,10-11,15H,4-6,8-9,12-13H2,1-3H3. The number of carbonyl (C=O) groups is 1. The first-order valence-electron chi connectivity index (χ1n) is 8.31. The summed E-state index contributed by atoms with van der Waals surface area (Å²) in [6.45, 7) is 6.71. The van der Waals surface area contributed by atoms with Crippen LogP contribution >= 0.6 is 11.6 Å². The normalized spacial score (nSPS) is 11.8. The summed E-state index contributed by atoms with van der Waals surface area (Å²) >= 11 is 5.70. The highest BCUT2D eigenvalue weighted by Gasteiger charge is 2.22. The first-order chi connectivity index (χ1) is 11.2. The van der Waals surface area contributed by atoms with Gasteiger partial charge >= 0.3 is 5.97 Å². The molecule has 130 valence electrons. The van der Waals surface area contributed by atoms with Crippen molar-refractivity contribution in [1.82, 2.24) is 0 Å². The van der Waals surface area contributed by atoms with Crippen molar-refractivity contribution in [1.29, 1.82) is 0 Å². The van der Waals surface area contributed by atoms with Crippen LogP contribution in [0.25, 0.3) is 0 Å². The van der Waals surface area contributed by atoms with Crippen LogP contribution in [0.2, 0.25) is 0 Å². The molecule has 0 amide bonds. The van der Waals surface area contributed by atoms with E-state index < -0.39 is 6.10 Å². The number of ether oxygens (including phenoxy) is 3. The summed E-state index contributed by atoms with van der Waals surface area (Å²) in [4.78, 5) is 12.0. The molecule has 0 aliphatic carbocycles. The Kier molecular flexibility index (Phi) is 9.53. The molecule has 1 rings (SSSR count). The Morgan fingerprint density at radius 2 is 1.96 bits per heavy atom. The van der Waals surface area contributed by atoms with E-state index in [2.05, 4.69) is 6.92 Å². The van der Waals surface area contributed by atoms with Gasteiger partial charge in [0.2, 0.25) is 0 Å². The van der Waals surface area contributed by atoms with E-state index >= 15 is 0 Å². The van der Waals surface area contributed by atoms with Crippen LogP contribution in [-0.2, 0) is 16.0 Å². The van der Waals surface area contributed by atoms with Gasteiger partial charge in [-0.25, -0.2) is 4.79 Å². The topological polar surface area (TPSA) is 44.8 Å². The lowest BCUT2D eigenvalue weighted by Crippen LogP contribution is -2.29. The number of alkyl halides is 1. The molecule has 0 saturated carbocycles. The first-order valence-corrected chi connectivity index (χ1v) is 8.85. The second-order valence-corrected chi connectivity index (χ2v) is 5.52. The molecule has 1 atom stereocenters. The SMILES string of the molecule is CCCc1c(OCCCCl)cccc1OC(CC)C(=O)OCC. The predicted molar refractivity (Wildman–Crippen MR) is 92.6 cm³/mol. The van der Waals surface area contributed by atoms with Crippen LogP contribution in [0.3, 0.4) is 0 Å². The molecule has 5 heteroatoms. The van der Waals surface area contributed by atoms with E-state index in [1.807, 2.05) is 25.1 Å². The molecule has 0 N–H and O–H groups in total. The monoisotopic (exact) mass is 342 g/mol. The van der Waals surface area contributed by atoms with Crippen LogP contribution in [0.15, 0.2) is 18.2 Å². The summed E-state index contributed by atoms with van der Waals surface area (Å²) in [5, 5.41) is 0. The van der Waals surface area contributed by atoms with Crippen molar-refractivity contribution in [3.8, 4) is 11.5 Å². The zero-order valence-electron chi connectivity index (χ0n) is 14.3. The molecule has 0 aromatic heterocycles. The van der Waals surface area contributed by atoms with Gasteiger partial charge < -0.3 is 14.2 Å². The molecule has 0 radical (unpaired) electrons. The Morgan fingerprint density at radius 3 is 2.57 bits per heavy atom. The van der Waals surface area contributed by atoms with Crippen LogP contribution in [0.1, 0.15) is 45.6 Å². The second-order valence-electron chi connectivity index (χ2n) is 5.14. The highest BCUT2D eigenvalue weighted by Crippen LogP contribution is 2.31. The Hall–Kier alpha value is -1.42. The fourth-order valence-electron chi connectivity index (χ4n) is 2.21. The first kappa shape index (κ1) is 19.6. The van der Waals surface area contributed by atoms with E-state index in [4.69, 9.17) is 25.8 Å². The minimum Gasteiger partial charge on any atom is -0.493 e. The molecule has 0 heterocycles. The molecule has 4 nitrogen and oxygen atoms in total. The summed E-state index contributed by atoms with van der Waals surface area (Å²) < 4.78 is 16.8. The number of hydrogen-bond acceptors (Lipinski definition) is 4. The van der Waals surface area contributed by atoms with Gasteiger partial charge in [-0.2, -0.15) is 0 Å². The number of carbonyl (C=O) groups excluding carboxylic acids is 1. The van der Waals surface area contributed by atoms with E-state index in [0.29, 0.717) is 31.3 Å². The van der Waals surface area contributed by atoms with Gasteiger partial charge in [0.05, 0.1) is 13.2 Å². The highest BCUT2D eigenvalue weighted by molar-refractivity contribution is 6.17. The van der Waals surface area contributed by atoms with E-state index in [1.54, 1.807) is 6.92 Å². The van der Waals surface area contributed by atoms with Crippen LogP contribution in [0.5, 0.6) is 11.5 Å². The third-order valence-corrected chi connectivity index (χ3v) is 3.58. The Labute approximate surface area is 144 Å². The Morgan fingerprint density at radius 1 is 1.22 bits per heavy atom. The molecule has 0 aliphatic rings. The zero-order chi connectivity index (χ0) is 17.1. The van der Waals surface area contributed by atoms with Gasteiger partial charge in [0, 0.05) is 11.4 Å². The molecule has 1 aromatic carbocycles. The van der Waals surface area contributed by atoms with Crippen LogP contribution in [-0.4, -0.2) is 31.2 Å². The smallest absolute Gasteiger partial charge is 0.347 e. The lowest BCUT2D eigenvalue weighted by atomic mass is 10.1. The van der Waals surface area contributed by atoms with Crippen molar-refractivity contribution >= 4 is 17.6 Å². The van der Waals surface area contributed by atoms with Crippen molar-refractivity contribution in [2.75, 3.05) is 19.1 Å². The van der Waals surface area contributed by atoms with Crippen LogP contribution < -0.4 is 9.47 Å². The van der Waals surface area contributed by atoms with Crippen LogP contribution in [0.4, 0.5) is 0 Å². The van der Waals surface area contributed by atoms with Crippen molar-refractivity contribution in [2.24, 2.45) is 0 Å². The van der Waals surface area contributed by atoms with Gasteiger partial charge in [0.15, 0.2) is 6.10 Å². The van der Waals surface area contributed by atoms with E-state index in [9.17, 15) is 4.79 Å². The number of esters is 1. The van der Waals surface area contributed by atoms with Crippen molar-refractivity contribution in [3.63, 3.8) is 0 Å². The second kappa shape index (κ2) is 11.2. The van der Waals surface area contributed by atoms with E-state index in [-0.39, 0.29) is 5.97 Å². The average molecular weight is 343 g/mol. The molecule has 0 fully saturated rings. The predicted octanol–water partition coefficient (Wildman–Crippen LogP) is 4.37. The van der Waals surface area contributed by atoms with Gasteiger partial charge in [-0.15, -0.1) is 11.6 Å². The van der Waals surface area contributed by atoms with Gasteiger partial charge in [-0.05, 0) is 38.3 Å². The third kappa shape index (κ3) is 6.30. The highest BCUT2D eigenvalue weighted by atomic mass is 35.5. The average Bonchev–Trinajstić information content (AvgIpc) is 2.55. The summed E-state index contributed by atoms with van der Waals surface area (Å²) in [7, 11) is 0. The fourth-order valence-corrected chi connectivity index (χ4v) is 2.32. The summed E-state index contributed by atoms with van der Waals surface area (Å²) in [6, 6.07) is 5.68. The Bertz CT molecular complexity index is 476. The molecular formula is C18H27ClO4. The third-order valence-electron chi connectivity index (χ3n) is 3.32. The molecule has 0 aliphatic heterocycles.